The number of nitrogens with one attached hydrogen (secondary N) is 1. The fourth-order valence-electron chi connectivity index (χ4n) is 4.80. The van der Waals surface area contributed by atoms with Crippen molar-refractivity contribution in [3.05, 3.63) is 17.7 Å². The van der Waals surface area contributed by atoms with Crippen molar-refractivity contribution in [2.45, 2.75) is 45.6 Å². The first-order valence-electron chi connectivity index (χ1n) is 9.68. The number of carbonyl (C=O) groups excluding carboxylic acids is 1. The van der Waals surface area contributed by atoms with Crippen LogP contribution in [0.15, 0.2) is 12.1 Å². The topological polar surface area (TPSA) is 88.1 Å². The van der Waals surface area contributed by atoms with E-state index in [0.29, 0.717) is 31.0 Å². The summed E-state index contributed by atoms with van der Waals surface area (Å²) >= 11 is 0. The van der Waals surface area contributed by atoms with Crippen LogP contribution in [0.3, 0.4) is 0 Å². The SMILES string of the molecule is CCOc1cc2c(cc1NC(=O)N1C[C@@H]3CCC[C@@]3(C(=O)O)C1)OC(C)C2. The Hall–Kier alpha value is -2.44. The Morgan fingerprint density at radius 1 is 1.44 bits per heavy atom. The number of anilines is 1. The molecule has 0 radical (unpaired) electrons. The summed E-state index contributed by atoms with van der Waals surface area (Å²) in [6.45, 7) is 5.15. The van der Waals surface area contributed by atoms with Crippen LogP contribution in [0.5, 0.6) is 11.5 Å². The van der Waals surface area contributed by atoms with Gasteiger partial charge < -0.3 is 24.8 Å². The van der Waals surface area contributed by atoms with Gasteiger partial charge >= 0.3 is 12.0 Å². The van der Waals surface area contributed by atoms with Crippen molar-refractivity contribution in [2.24, 2.45) is 11.3 Å². The molecule has 7 nitrogen and oxygen atoms in total. The fourth-order valence-corrected chi connectivity index (χ4v) is 4.80. The van der Waals surface area contributed by atoms with Crippen LogP contribution in [0.1, 0.15) is 38.7 Å². The lowest BCUT2D eigenvalue weighted by Crippen LogP contribution is -2.38. The van der Waals surface area contributed by atoms with Crippen LogP contribution in [-0.2, 0) is 11.2 Å². The number of benzene rings is 1. The first-order chi connectivity index (χ1) is 12.9. The van der Waals surface area contributed by atoms with Crippen molar-refractivity contribution in [3.63, 3.8) is 0 Å². The highest BCUT2D eigenvalue weighted by molar-refractivity contribution is 5.92. The summed E-state index contributed by atoms with van der Waals surface area (Å²) in [7, 11) is 0. The normalized spacial score (nSPS) is 28.4. The summed E-state index contributed by atoms with van der Waals surface area (Å²) < 4.78 is 11.5. The van der Waals surface area contributed by atoms with Gasteiger partial charge in [-0.3, -0.25) is 4.79 Å². The Morgan fingerprint density at radius 3 is 2.96 bits per heavy atom. The number of hydrogen-bond acceptors (Lipinski definition) is 4. The van der Waals surface area contributed by atoms with Crippen molar-refractivity contribution < 1.29 is 24.2 Å². The van der Waals surface area contributed by atoms with E-state index in [-0.39, 0.29) is 24.6 Å². The molecule has 3 aliphatic rings. The molecule has 0 spiro atoms. The van der Waals surface area contributed by atoms with Gasteiger partial charge in [0.2, 0.25) is 0 Å². The Bertz CT molecular complexity index is 780. The third-order valence-electron chi connectivity index (χ3n) is 6.12. The van der Waals surface area contributed by atoms with Gasteiger partial charge in [0, 0.05) is 31.1 Å². The summed E-state index contributed by atoms with van der Waals surface area (Å²) in [5, 5.41) is 12.6. The average molecular weight is 374 g/mol. The highest BCUT2D eigenvalue weighted by Gasteiger charge is 2.55. The minimum absolute atomic E-state index is 0.0383. The van der Waals surface area contributed by atoms with Gasteiger partial charge in [0.25, 0.3) is 0 Å². The summed E-state index contributed by atoms with van der Waals surface area (Å²) in [6, 6.07) is 3.46. The number of rotatable bonds is 4. The van der Waals surface area contributed by atoms with Crippen LogP contribution in [-0.4, -0.2) is 47.8 Å². The van der Waals surface area contributed by atoms with Gasteiger partial charge in [-0.25, -0.2) is 4.79 Å². The molecule has 3 atom stereocenters. The van der Waals surface area contributed by atoms with Crippen molar-refractivity contribution in [2.75, 3.05) is 25.0 Å². The highest BCUT2D eigenvalue weighted by atomic mass is 16.5. The molecular formula is C20H26N2O5. The zero-order chi connectivity index (χ0) is 19.2. The van der Waals surface area contributed by atoms with E-state index in [1.165, 1.54) is 0 Å². The van der Waals surface area contributed by atoms with Crippen molar-refractivity contribution >= 4 is 17.7 Å². The van der Waals surface area contributed by atoms with Crippen LogP contribution in [0.2, 0.25) is 0 Å². The van der Waals surface area contributed by atoms with E-state index in [0.717, 1.165) is 30.6 Å². The summed E-state index contributed by atoms with van der Waals surface area (Å²) in [5.41, 5.74) is 0.858. The predicted octanol–water partition coefficient (Wildman–Crippen LogP) is 3.13. The van der Waals surface area contributed by atoms with Crippen molar-refractivity contribution in [1.82, 2.24) is 4.90 Å². The maximum atomic E-state index is 12.9. The first-order valence-corrected chi connectivity index (χ1v) is 9.68. The van der Waals surface area contributed by atoms with E-state index in [2.05, 4.69) is 5.32 Å². The lowest BCUT2D eigenvalue weighted by atomic mass is 9.81. The number of carbonyl (C=O) groups is 2. The molecule has 1 saturated carbocycles. The molecule has 2 aliphatic heterocycles. The van der Waals surface area contributed by atoms with E-state index < -0.39 is 11.4 Å². The molecule has 146 valence electrons. The summed E-state index contributed by atoms with van der Waals surface area (Å²) in [6.07, 6.45) is 3.35. The third-order valence-corrected chi connectivity index (χ3v) is 6.12. The molecule has 1 saturated heterocycles. The molecule has 2 amide bonds. The molecule has 2 N–H and O–H groups in total. The van der Waals surface area contributed by atoms with Crippen LogP contribution >= 0.6 is 0 Å². The number of carboxylic acids is 1. The van der Waals surface area contributed by atoms with Gasteiger partial charge in [-0.2, -0.15) is 0 Å². The summed E-state index contributed by atoms with van der Waals surface area (Å²) in [4.78, 5) is 26.3. The molecule has 1 aliphatic carbocycles. The number of fused-ring (bicyclic) bond motifs is 2. The number of ether oxygens (including phenoxy) is 2. The molecule has 1 unspecified atom stereocenters. The standard InChI is InChI=1S/C20H26N2O5/c1-3-26-17-8-13-7-12(2)27-16(13)9-15(17)21-19(25)22-10-14-5-4-6-20(14,11-22)18(23)24/h8-9,12,14H,3-7,10-11H2,1-2H3,(H,21,25)(H,23,24)/t12?,14-,20+/m0/s1. The van der Waals surface area contributed by atoms with Gasteiger partial charge in [0.1, 0.15) is 17.6 Å². The molecule has 4 rings (SSSR count). The van der Waals surface area contributed by atoms with Gasteiger partial charge in [0.05, 0.1) is 17.7 Å². The summed E-state index contributed by atoms with van der Waals surface area (Å²) in [5.74, 6) is 0.641. The molecule has 2 heterocycles. The molecule has 2 fully saturated rings. The quantitative estimate of drug-likeness (QED) is 0.845. The number of carboxylic acid groups (broad SMARTS) is 1. The number of hydrogen-bond donors (Lipinski definition) is 2. The zero-order valence-corrected chi connectivity index (χ0v) is 15.8. The van der Waals surface area contributed by atoms with E-state index in [9.17, 15) is 14.7 Å². The number of aliphatic carboxylic acids is 1. The minimum Gasteiger partial charge on any atom is -0.492 e. The largest absolute Gasteiger partial charge is 0.492 e. The molecule has 0 aromatic heterocycles. The zero-order valence-electron chi connectivity index (χ0n) is 15.8. The lowest BCUT2D eigenvalue weighted by molar-refractivity contribution is -0.149. The van der Waals surface area contributed by atoms with Crippen LogP contribution in [0.4, 0.5) is 10.5 Å². The lowest BCUT2D eigenvalue weighted by Gasteiger charge is -2.23. The van der Waals surface area contributed by atoms with Crippen LogP contribution in [0.25, 0.3) is 0 Å². The second-order valence-corrected chi connectivity index (χ2v) is 7.88. The Balaban J connectivity index is 1.53. The third kappa shape index (κ3) is 2.99. The predicted molar refractivity (Wildman–Crippen MR) is 99.4 cm³/mol. The van der Waals surface area contributed by atoms with Crippen LogP contribution in [0, 0.1) is 11.3 Å². The minimum atomic E-state index is -0.782. The Morgan fingerprint density at radius 2 is 2.26 bits per heavy atom. The fraction of sp³-hybridized carbons (Fsp3) is 0.600. The number of urea groups is 1. The van der Waals surface area contributed by atoms with E-state index in [1.54, 1.807) is 4.90 Å². The molecule has 1 aromatic rings. The second kappa shape index (κ2) is 6.62. The number of nitrogens with zero attached hydrogens (tertiary/aromatic N) is 1. The Labute approximate surface area is 158 Å². The Kier molecular flexibility index (Phi) is 4.40. The maximum Gasteiger partial charge on any atom is 0.321 e. The van der Waals surface area contributed by atoms with E-state index in [1.807, 2.05) is 26.0 Å². The molecule has 7 heteroatoms. The van der Waals surface area contributed by atoms with Gasteiger partial charge in [-0.15, -0.1) is 0 Å². The molecule has 1 aromatic carbocycles. The van der Waals surface area contributed by atoms with Crippen molar-refractivity contribution in [3.8, 4) is 11.5 Å². The second-order valence-electron chi connectivity index (χ2n) is 7.88. The smallest absolute Gasteiger partial charge is 0.321 e. The average Bonchev–Trinajstić information content (AvgIpc) is 3.26. The number of amides is 2. The highest BCUT2D eigenvalue weighted by Crippen LogP contribution is 2.49. The van der Waals surface area contributed by atoms with E-state index in [4.69, 9.17) is 9.47 Å². The van der Waals surface area contributed by atoms with Crippen molar-refractivity contribution in [1.29, 1.82) is 0 Å². The molecular weight excluding hydrogens is 348 g/mol. The van der Waals surface area contributed by atoms with Gasteiger partial charge in [-0.1, -0.05) is 6.42 Å². The van der Waals surface area contributed by atoms with E-state index >= 15 is 0 Å². The molecule has 0 bridgehead atoms. The van der Waals surface area contributed by atoms with Gasteiger partial charge in [0.15, 0.2) is 0 Å². The molecule has 27 heavy (non-hydrogen) atoms. The first kappa shape index (κ1) is 17.9. The van der Waals surface area contributed by atoms with Gasteiger partial charge in [-0.05, 0) is 38.7 Å². The monoisotopic (exact) mass is 374 g/mol. The van der Waals surface area contributed by atoms with Crippen LogP contribution < -0.4 is 14.8 Å². The number of likely N-dealkylation sites (tertiary alicyclic amines) is 1. The maximum absolute atomic E-state index is 12.9.